The summed E-state index contributed by atoms with van der Waals surface area (Å²) in [5, 5.41) is 3.26. The summed E-state index contributed by atoms with van der Waals surface area (Å²) in [6.07, 6.45) is 1.41. The van der Waals surface area contributed by atoms with Gasteiger partial charge in [0.25, 0.3) is 0 Å². The van der Waals surface area contributed by atoms with Crippen molar-refractivity contribution in [3.63, 3.8) is 0 Å². The molecule has 2 rings (SSSR count). The molecule has 7 heteroatoms. The average Bonchev–Trinajstić information content (AvgIpc) is 2.55. The fraction of sp³-hybridized carbons (Fsp3) is 0.0625. The van der Waals surface area contributed by atoms with E-state index in [1.165, 1.54) is 24.3 Å². The summed E-state index contributed by atoms with van der Waals surface area (Å²) in [5.41, 5.74) is 0.713. The molecule has 0 aliphatic heterocycles. The first kappa shape index (κ1) is 16.9. The molecule has 0 heterocycles. The third kappa shape index (κ3) is 5.65. The fourth-order valence-corrected chi connectivity index (χ4v) is 2.47. The zero-order valence-electron chi connectivity index (χ0n) is 12.1. The highest BCUT2D eigenvalue weighted by molar-refractivity contribution is 7.92. The molecule has 0 saturated carbocycles. The zero-order chi connectivity index (χ0) is 16.7. The molecule has 120 valence electrons. The minimum atomic E-state index is -3.76. The van der Waals surface area contributed by atoms with Crippen LogP contribution in [0.5, 0.6) is 0 Å². The number of nitrogens with one attached hydrogen (secondary N) is 2. The first-order chi connectivity index (χ1) is 11.0. The second-order valence-electron chi connectivity index (χ2n) is 4.61. The lowest BCUT2D eigenvalue weighted by molar-refractivity contribution is -0.115. The van der Waals surface area contributed by atoms with Crippen LogP contribution in [0.3, 0.4) is 0 Å². The van der Waals surface area contributed by atoms with Crippen LogP contribution < -0.4 is 10.0 Å². The van der Waals surface area contributed by atoms with Crippen molar-refractivity contribution in [2.45, 2.75) is 0 Å². The maximum atomic E-state index is 13.4. The van der Waals surface area contributed by atoms with E-state index in [4.69, 9.17) is 0 Å². The van der Waals surface area contributed by atoms with Crippen LogP contribution in [-0.2, 0) is 14.8 Å². The molecule has 0 bridgehead atoms. The van der Waals surface area contributed by atoms with E-state index in [0.29, 0.717) is 5.56 Å². The Morgan fingerprint density at radius 2 is 1.70 bits per heavy atom. The molecule has 0 aliphatic carbocycles. The fourth-order valence-electron chi connectivity index (χ4n) is 1.70. The van der Waals surface area contributed by atoms with Crippen LogP contribution in [0.25, 0.3) is 6.08 Å². The van der Waals surface area contributed by atoms with Crippen molar-refractivity contribution in [2.75, 3.05) is 11.9 Å². The number of hydrogen-bond acceptors (Lipinski definition) is 3. The molecule has 0 spiro atoms. The molecule has 1 amide bonds. The number of anilines is 1. The molecule has 2 aromatic carbocycles. The lowest BCUT2D eigenvalue weighted by atomic mass is 10.2. The van der Waals surface area contributed by atoms with Crippen molar-refractivity contribution in [1.82, 2.24) is 4.72 Å². The number of hydrogen-bond donors (Lipinski definition) is 2. The SMILES string of the molecule is O=C(CNS(=O)(=O)/C=C/c1ccccc1)Nc1ccccc1F. The Labute approximate surface area is 133 Å². The van der Waals surface area contributed by atoms with Crippen molar-refractivity contribution in [3.05, 3.63) is 71.4 Å². The van der Waals surface area contributed by atoms with Gasteiger partial charge in [0.2, 0.25) is 15.9 Å². The van der Waals surface area contributed by atoms with Crippen molar-refractivity contribution >= 4 is 27.7 Å². The quantitative estimate of drug-likeness (QED) is 0.851. The molecule has 0 aliphatic rings. The van der Waals surface area contributed by atoms with Crippen molar-refractivity contribution < 1.29 is 17.6 Å². The van der Waals surface area contributed by atoms with Crippen LogP contribution in [-0.4, -0.2) is 20.9 Å². The van der Waals surface area contributed by atoms with E-state index >= 15 is 0 Å². The summed E-state index contributed by atoms with van der Waals surface area (Å²) in [6, 6.07) is 14.5. The van der Waals surface area contributed by atoms with E-state index in [0.717, 1.165) is 5.41 Å². The minimum absolute atomic E-state index is 0.00322. The van der Waals surface area contributed by atoms with Crippen LogP contribution in [0.2, 0.25) is 0 Å². The molecule has 0 saturated heterocycles. The maximum Gasteiger partial charge on any atom is 0.239 e. The van der Waals surface area contributed by atoms with Gasteiger partial charge in [-0.25, -0.2) is 17.5 Å². The van der Waals surface area contributed by atoms with E-state index in [1.807, 2.05) is 6.07 Å². The molecule has 0 fully saturated rings. The van der Waals surface area contributed by atoms with E-state index in [2.05, 4.69) is 10.0 Å². The number of benzene rings is 2. The van der Waals surface area contributed by atoms with Gasteiger partial charge in [-0.3, -0.25) is 4.79 Å². The Balaban J connectivity index is 1.90. The van der Waals surface area contributed by atoms with Crippen LogP contribution in [0.4, 0.5) is 10.1 Å². The van der Waals surface area contributed by atoms with Gasteiger partial charge in [-0.05, 0) is 23.8 Å². The standard InChI is InChI=1S/C16H15FN2O3S/c17-14-8-4-5-9-15(14)19-16(20)12-18-23(21,22)11-10-13-6-2-1-3-7-13/h1-11,18H,12H2,(H,19,20)/b11-10+. The molecule has 0 radical (unpaired) electrons. The smallest absolute Gasteiger partial charge is 0.239 e. The maximum absolute atomic E-state index is 13.4. The normalized spacial score (nSPS) is 11.5. The second-order valence-corrected chi connectivity index (χ2v) is 6.26. The van der Waals surface area contributed by atoms with Gasteiger partial charge in [0.1, 0.15) is 5.82 Å². The van der Waals surface area contributed by atoms with Gasteiger partial charge in [-0.1, -0.05) is 42.5 Å². The highest BCUT2D eigenvalue weighted by Crippen LogP contribution is 2.11. The summed E-state index contributed by atoms with van der Waals surface area (Å²) >= 11 is 0. The van der Waals surface area contributed by atoms with Gasteiger partial charge in [0.05, 0.1) is 12.2 Å². The van der Waals surface area contributed by atoms with Gasteiger partial charge in [-0.2, -0.15) is 0 Å². The van der Waals surface area contributed by atoms with E-state index in [9.17, 15) is 17.6 Å². The summed E-state index contributed by atoms with van der Waals surface area (Å²) in [7, 11) is -3.76. The Hall–Kier alpha value is -2.51. The Bertz CT molecular complexity index is 805. The van der Waals surface area contributed by atoms with Crippen LogP contribution in [0, 0.1) is 5.82 Å². The van der Waals surface area contributed by atoms with Crippen molar-refractivity contribution in [2.24, 2.45) is 0 Å². The number of amides is 1. The predicted octanol–water partition coefficient (Wildman–Crippen LogP) is 2.35. The van der Waals surface area contributed by atoms with Gasteiger partial charge in [0, 0.05) is 5.41 Å². The molecule has 23 heavy (non-hydrogen) atoms. The molecule has 0 unspecified atom stereocenters. The predicted molar refractivity (Wildman–Crippen MR) is 87.4 cm³/mol. The zero-order valence-corrected chi connectivity index (χ0v) is 12.9. The first-order valence-corrected chi connectivity index (χ1v) is 8.28. The monoisotopic (exact) mass is 334 g/mol. The van der Waals surface area contributed by atoms with Crippen LogP contribution >= 0.6 is 0 Å². The molecular weight excluding hydrogens is 319 g/mol. The third-order valence-electron chi connectivity index (χ3n) is 2.82. The van der Waals surface area contributed by atoms with Gasteiger partial charge in [0.15, 0.2) is 0 Å². The summed E-state index contributed by atoms with van der Waals surface area (Å²) in [5.74, 6) is -1.25. The number of carbonyl (C=O) groups excluding carboxylic acids is 1. The van der Waals surface area contributed by atoms with Crippen molar-refractivity contribution in [3.8, 4) is 0 Å². The highest BCUT2D eigenvalue weighted by Gasteiger charge is 2.10. The molecular formula is C16H15FN2O3S. The number of rotatable bonds is 6. The van der Waals surface area contributed by atoms with Gasteiger partial charge >= 0.3 is 0 Å². The summed E-state index contributed by atoms with van der Waals surface area (Å²) in [4.78, 5) is 11.7. The summed E-state index contributed by atoms with van der Waals surface area (Å²) < 4.78 is 39.0. The van der Waals surface area contributed by atoms with Gasteiger partial charge in [-0.15, -0.1) is 0 Å². The van der Waals surface area contributed by atoms with E-state index in [-0.39, 0.29) is 5.69 Å². The lowest BCUT2D eigenvalue weighted by Gasteiger charge is -2.06. The largest absolute Gasteiger partial charge is 0.322 e. The average molecular weight is 334 g/mol. The molecule has 0 atom stereocenters. The highest BCUT2D eigenvalue weighted by atomic mass is 32.2. The molecule has 0 aromatic heterocycles. The first-order valence-electron chi connectivity index (χ1n) is 6.73. The number of halogens is 1. The number of sulfonamides is 1. The Kier molecular flexibility index (Phi) is 5.61. The molecule has 5 nitrogen and oxygen atoms in total. The van der Waals surface area contributed by atoms with Crippen molar-refractivity contribution in [1.29, 1.82) is 0 Å². The van der Waals surface area contributed by atoms with Crippen LogP contribution in [0.1, 0.15) is 5.56 Å². The summed E-state index contributed by atoms with van der Waals surface area (Å²) in [6.45, 7) is -0.490. The second kappa shape index (κ2) is 7.66. The van der Waals surface area contributed by atoms with Gasteiger partial charge < -0.3 is 5.32 Å². The van der Waals surface area contributed by atoms with E-state index < -0.39 is 28.3 Å². The lowest BCUT2D eigenvalue weighted by Crippen LogP contribution is -2.31. The number of carbonyl (C=O) groups is 1. The number of para-hydroxylation sites is 1. The minimum Gasteiger partial charge on any atom is -0.322 e. The molecule has 2 aromatic rings. The Morgan fingerprint density at radius 3 is 2.39 bits per heavy atom. The topological polar surface area (TPSA) is 75.3 Å². The van der Waals surface area contributed by atoms with Crippen LogP contribution in [0.15, 0.2) is 60.0 Å². The Morgan fingerprint density at radius 1 is 1.04 bits per heavy atom. The van der Waals surface area contributed by atoms with E-state index in [1.54, 1.807) is 30.3 Å². The third-order valence-corrected chi connectivity index (χ3v) is 3.86. The molecule has 2 N–H and O–H groups in total.